The van der Waals surface area contributed by atoms with E-state index in [2.05, 4.69) is 37.2 Å². The van der Waals surface area contributed by atoms with Gasteiger partial charge < -0.3 is 5.32 Å². The molecule has 0 saturated carbocycles. The van der Waals surface area contributed by atoms with Gasteiger partial charge in [-0.25, -0.2) is 8.42 Å². The Morgan fingerprint density at radius 3 is 2.75 bits per heavy atom. The van der Waals surface area contributed by atoms with Gasteiger partial charge in [0.1, 0.15) is 0 Å². The molecule has 0 amide bonds. The van der Waals surface area contributed by atoms with E-state index in [1.165, 1.54) is 5.41 Å². The molecule has 88 valence electrons. The molecule has 1 aromatic heterocycles. The summed E-state index contributed by atoms with van der Waals surface area (Å²) in [5.74, 6) is 0.167. The second kappa shape index (κ2) is 4.89. The Hall–Kier alpha value is 0.310. The van der Waals surface area contributed by atoms with Gasteiger partial charge in [-0.2, -0.15) is 0 Å². The molecule has 2 heterocycles. The summed E-state index contributed by atoms with van der Waals surface area (Å²) in [5.41, 5.74) is 0. The van der Waals surface area contributed by atoms with E-state index in [0.717, 1.165) is 13.1 Å². The van der Waals surface area contributed by atoms with Gasteiger partial charge in [0.2, 0.25) is 0 Å². The summed E-state index contributed by atoms with van der Waals surface area (Å²) in [6.07, 6.45) is 1.70. The Bertz CT molecular complexity index is 502. The van der Waals surface area contributed by atoms with Crippen LogP contribution in [0.3, 0.4) is 0 Å². The third-order valence-electron chi connectivity index (χ3n) is 2.16. The Morgan fingerprint density at radius 2 is 2.25 bits per heavy atom. The van der Waals surface area contributed by atoms with E-state index >= 15 is 0 Å². The smallest absolute Gasteiger partial charge is 0.173 e. The minimum absolute atomic E-state index is 0.0651. The standard InChI is InChI=1S/C9H9Br2NO2S2/c10-8-3-7(15-9(8)11)4-12-6-1-2-16(13,14)5-6/h1-3,6,12H,4-5H2. The highest BCUT2D eigenvalue weighted by Gasteiger charge is 2.21. The molecule has 7 heteroatoms. The molecule has 3 nitrogen and oxygen atoms in total. The van der Waals surface area contributed by atoms with Gasteiger partial charge in [0.05, 0.1) is 9.54 Å². The molecule has 1 aliphatic rings. The SMILES string of the molecule is O=S1(=O)C=CC(NCc2cc(Br)c(Br)s2)C1. The first kappa shape index (κ1) is 12.8. The van der Waals surface area contributed by atoms with Gasteiger partial charge in [0.25, 0.3) is 0 Å². The van der Waals surface area contributed by atoms with Gasteiger partial charge >= 0.3 is 0 Å². The monoisotopic (exact) mass is 385 g/mol. The van der Waals surface area contributed by atoms with E-state index in [9.17, 15) is 8.42 Å². The van der Waals surface area contributed by atoms with Crippen LogP contribution >= 0.6 is 43.2 Å². The van der Waals surface area contributed by atoms with E-state index in [4.69, 9.17) is 0 Å². The van der Waals surface area contributed by atoms with Gasteiger partial charge in [0, 0.05) is 27.3 Å². The lowest BCUT2D eigenvalue weighted by Gasteiger charge is -2.07. The lowest BCUT2D eigenvalue weighted by Crippen LogP contribution is -2.29. The highest BCUT2D eigenvalue weighted by Crippen LogP contribution is 2.32. The first-order valence-corrected chi connectivity index (χ1v) is 8.66. The van der Waals surface area contributed by atoms with Crippen LogP contribution < -0.4 is 5.32 Å². The molecular weight excluding hydrogens is 378 g/mol. The molecular formula is C9H9Br2NO2S2. The number of hydrogen-bond acceptors (Lipinski definition) is 4. The number of halogens is 2. The quantitative estimate of drug-likeness (QED) is 0.868. The van der Waals surface area contributed by atoms with Crippen molar-refractivity contribution in [2.75, 3.05) is 5.75 Å². The maximum absolute atomic E-state index is 11.2. The van der Waals surface area contributed by atoms with E-state index in [-0.39, 0.29) is 11.8 Å². The molecule has 0 fully saturated rings. The molecule has 0 bridgehead atoms. The minimum Gasteiger partial charge on any atom is -0.305 e. The Kier molecular flexibility index (Phi) is 3.90. The average molecular weight is 387 g/mol. The van der Waals surface area contributed by atoms with Gasteiger partial charge in [-0.1, -0.05) is 6.08 Å². The first-order valence-electron chi connectivity index (χ1n) is 4.54. The second-order valence-electron chi connectivity index (χ2n) is 3.48. The first-order chi connectivity index (χ1) is 7.46. The summed E-state index contributed by atoms with van der Waals surface area (Å²) < 4.78 is 24.4. The zero-order valence-electron chi connectivity index (χ0n) is 8.11. The normalized spacial score (nSPS) is 22.8. The third kappa shape index (κ3) is 3.16. The highest BCUT2D eigenvalue weighted by atomic mass is 79.9. The molecule has 0 radical (unpaired) electrons. The molecule has 1 unspecified atom stereocenters. The van der Waals surface area contributed by atoms with Crippen LogP contribution in [0.25, 0.3) is 0 Å². The molecule has 1 atom stereocenters. The Balaban J connectivity index is 1.92. The fourth-order valence-corrected chi connectivity index (χ4v) is 4.81. The number of hydrogen-bond donors (Lipinski definition) is 1. The molecule has 0 aromatic carbocycles. The number of thiophene rings is 1. The maximum atomic E-state index is 11.2. The molecule has 1 aliphatic heterocycles. The molecule has 0 spiro atoms. The topological polar surface area (TPSA) is 46.2 Å². The van der Waals surface area contributed by atoms with Crippen molar-refractivity contribution < 1.29 is 8.42 Å². The fraction of sp³-hybridized carbons (Fsp3) is 0.333. The predicted molar refractivity (Wildman–Crippen MR) is 73.3 cm³/mol. The number of nitrogens with one attached hydrogen (secondary N) is 1. The van der Waals surface area contributed by atoms with Crippen LogP contribution in [0.5, 0.6) is 0 Å². The predicted octanol–water partition coefficient (Wildman–Crippen LogP) is 2.67. The van der Waals surface area contributed by atoms with Crippen molar-refractivity contribution in [3.8, 4) is 0 Å². The Morgan fingerprint density at radius 1 is 1.50 bits per heavy atom. The molecule has 0 saturated heterocycles. The van der Waals surface area contributed by atoms with Crippen molar-refractivity contribution in [1.29, 1.82) is 0 Å². The molecule has 1 aromatic rings. The van der Waals surface area contributed by atoms with Gasteiger partial charge in [-0.05, 0) is 37.9 Å². The van der Waals surface area contributed by atoms with Crippen LogP contribution in [-0.4, -0.2) is 20.2 Å². The minimum atomic E-state index is -2.96. The van der Waals surface area contributed by atoms with E-state index < -0.39 is 9.84 Å². The summed E-state index contributed by atoms with van der Waals surface area (Å²) in [6.45, 7) is 0.680. The summed E-state index contributed by atoms with van der Waals surface area (Å²) >= 11 is 8.47. The summed E-state index contributed by atoms with van der Waals surface area (Å²) in [5, 5.41) is 4.48. The molecule has 16 heavy (non-hydrogen) atoms. The van der Waals surface area contributed by atoms with Gasteiger partial charge in [-0.3, -0.25) is 0 Å². The highest BCUT2D eigenvalue weighted by molar-refractivity contribution is 9.13. The zero-order valence-corrected chi connectivity index (χ0v) is 12.9. The van der Waals surface area contributed by atoms with E-state index in [0.29, 0.717) is 6.54 Å². The number of rotatable bonds is 3. The summed E-state index contributed by atoms with van der Waals surface area (Å²) in [4.78, 5) is 1.16. The lowest BCUT2D eigenvalue weighted by molar-refractivity contribution is 0.591. The van der Waals surface area contributed by atoms with Crippen molar-refractivity contribution in [3.05, 3.63) is 30.7 Å². The summed E-state index contributed by atoms with van der Waals surface area (Å²) in [7, 11) is -2.96. The average Bonchev–Trinajstić information content (AvgIpc) is 2.68. The van der Waals surface area contributed by atoms with Crippen molar-refractivity contribution >= 4 is 53.0 Å². The van der Waals surface area contributed by atoms with Crippen LogP contribution in [-0.2, 0) is 16.4 Å². The van der Waals surface area contributed by atoms with Crippen LogP contribution in [0, 0.1) is 0 Å². The number of sulfone groups is 1. The molecule has 0 aliphatic carbocycles. The van der Waals surface area contributed by atoms with E-state index in [1.807, 2.05) is 6.07 Å². The van der Waals surface area contributed by atoms with Crippen LogP contribution in [0.15, 0.2) is 25.8 Å². The van der Waals surface area contributed by atoms with E-state index in [1.54, 1.807) is 17.4 Å². The third-order valence-corrected chi connectivity index (χ3v) is 6.82. The summed E-state index contributed by atoms with van der Waals surface area (Å²) in [6, 6.07) is 1.96. The van der Waals surface area contributed by atoms with Crippen LogP contribution in [0.1, 0.15) is 4.88 Å². The van der Waals surface area contributed by atoms with Crippen LogP contribution in [0.2, 0.25) is 0 Å². The van der Waals surface area contributed by atoms with Gasteiger partial charge in [0.15, 0.2) is 9.84 Å². The fourth-order valence-electron chi connectivity index (χ4n) is 1.41. The lowest BCUT2D eigenvalue weighted by atomic mass is 10.3. The molecule has 1 N–H and O–H groups in total. The molecule has 2 rings (SSSR count). The second-order valence-corrected chi connectivity index (χ2v) is 8.72. The van der Waals surface area contributed by atoms with Crippen LogP contribution in [0.4, 0.5) is 0 Å². The Labute approximate surface area is 115 Å². The largest absolute Gasteiger partial charge is 0.305 e. The zero-order chi connectivity index (χ0) is 11.8. The van der Waals surface area contributed by atoms with Crippen molar-refractivity contribution in [2.45, 2.75) is 12.6 Å². The maximum Gasteiger partial charge on any atom is 0.173 e. The van der Waals surface area contributed by atoms with Crippen molar-refractivity contribution in [3.63, 3.8) is 0 Å². The van der Waals surface area contributed by atoms with Crippen molar-refractivity contribution in [1.82, 2.24) is 5.32 Å². The van der Waals surface area contributed by atoms with Crippen molar-refractivity contribution in [2.24, 2.45) is 0 Å². The van der Waals surface area contributed by atoms with Gasteiger partial charge in [-0.15, -0.1) is 11.3 Å².